The van der Waals surface area contributed by atoms with Crippen molar-refractivity contribution < 1.29 is 5.11 Å². The van der Waals surface area contributed by atoms with Crippen molar-refractivity contribution >= 4 is 11.6 Å². The van der Waals surface area contributed by atoms with E-state index in [0.717, 1.165) is 37.4 Å². The van der Waals surface area contributed by atoms with Crippen molar-refractivity contribution in [2.45, 2.75) is 45.6 Å². The molecule has 0 aromatic carbocycles. The summed E-state index contributed by atoms with van der Waals surface area (Å²) < 4.78 is 0. The second kappa shape index (κ2) is 7.21. The molecule has 0 saturated carbocycles. The summed E-state index contributed by atoms with van der Waals surface area (Å²) in [6, 6.07) is 5.83. The standard InChI is InChI=1S/C14H25N3O/c1-4-9-14(3,18)11-16-13-8-6-7-12(17-13)15-10-5-2/h6-8,18H,4-5,9-11H2,1-3H3,(H2,15,16,17). The maximum absolute atomic E-state index is 10.1. The minimum atomic E-state index is -0.677. The summed E-state index contributed by atoms with van der Waals surface area (Å²) in [6.07, 6.45) is 2.83. The molecule has 1 atom stereocenters. The van der Waals surface area contributed by atoms with Crippen molar-refractivity contribution in [2.24, 2.45) is 0 Å². The van der Waals surface area contributed by atoms with Gasteiger partial charge in [-0.1, -0.05) is 26.3 Å². The molecule has 1 aromatic heterocycles. The van der Waals surface area contributed by atoms with Gasteiger partial charge in [0.25, 0.3) is 0 Å². The van der Waals surface area contributed by atoms with Gasteiger partial charge < -0.3 is 15.7 Å². The second-order valence-corrected chi connectivity index (χ2v) is 4.94. The van der Waals surface area contributed by atoms with Gasteiger partial charge in [-0.05, 0) is 31.9 Å². The van der Waals surface area contributed by atoms with Crippen LogP contribution in [0.1, 0.15) is 40.0 Å². The van der Waals surface area contributed by atoms with Gasteiger partial charge in [-0.25, -0.2) is 4.98 Å². The summed E-state index contributed by atoms with van der Waals surface area (Å²) in [5.74, 6) is 1.67. The van der Waals surface area contributed by atoms with Gasteiger partial charge in [-0.2, -0.15) is 0 Å². The fourth-order valence-corrected chi connectivity index (χ4v) is 1.79. The Labute approximate surface area is 110 Å². The molecular formula is C14H25N3O. The predicted octanol–water partition coefficient (Wildman–Crippen LogP) is 2.87. The van der Waals surface area contributed by atoms with E-state index in [1.807, 2.05) is 25.1 Å². The van der Waals surface area contributed by atoms with Crippen LogP contribution in [0.5, 0.6) is 0 Å². The first-order chi connectivity index (χ1) is 8.57. The quantitative estimate of drug-likeness (QED) is 0.665. The summed E-state index contributed by atoms with van der Waals surface area (Å²) in [5, 5.41) is 16.5. The van der Waals surface area contributed by atoms with Crippen molar-refractivity contribution in [2.75, 3.05) is 23.7 Å². The van der Waals surface area contributed by atoms with Gasteiger partial charge in [0.15, 0.2) is 0 Å². The lowest BCUT2D eigenvalue weighted by atomic mass is 10.0. The summed E-state index contributed by atoms with van der Waals surface area (Å²) in [6.45, 7) is 7.48. The number of nitrogens with zero attached hydrogens (tertiary/aromatic N) is 1. The molecular weight excluding hydrogens is 226 g/mol. The molecule has 0 saturated heterocycles. The van der Waals surface area contributed by atoms with Gasteiger partial charge in [0, 0.05) is 13.1 Å². The monoisotopic (exact) mass is 251 g/mol. The predicted molar refractivity (Wildman–Crippen MR) is 77.0 cm³/mol. The average molecular weight is 251 g/mol. The van der Waals surface area contributed by atoms with Gasteiger partial charge in [0.05, 0.1) is 5.60 Å². The first kappa shape index (κ1) is 14.8. The van der Waals surface area contributed by atoms with Crippen LogP contribution >= 0.6 is 0 Å². The molecule has 1 aromatic rings. The molecule has 1 rings (SSSR count). The summed E-state index contributed by atoms with van der Waals surface area (Å²) in [7, 11) is 0. The molecule has 18 heavy (non-hydrogen) atoms. The third-order valence-electron chi connectivity index (χ3n) is 2.74. The van der Waals surface area contributed by atoms with Gasteiger partial charge in [-0.15, -0.1) is 0 Å². The van der Waals surface area contributed by atoms with Crippen LogP contribution in [0.3, 0.4) is 0 Å². The van der Waals surface area contributed by atoms with Crippen molar-refractivity contribution in [3.63, 3.8) is 0 Å². The van der Waals surface area contributed by atoms with E-state index in [4.69, 9.17) is 0 Å². The molecule has 0 amide bonds. The molecule has 0 aliphatic rings. The smallest absolute Gasteiger partial charge is 0.128 e. The number of pyridine rings is 1. The van der Waals surface area contributed by atoms with Crippen LogP contribution in [0, 0.1) is 0 Å². The topological polar surface area (TPSA) is 57.2 Å². The van der Waals surface area contributed by atoms with E-state index in [1.165, 1.54) is 0 Å². The van der Waals surface area contributed by atoms with Crippen molar-refractivity contribution in [3.8, 4) is 0 Å². The lowest BCUT2D eigenvalue weighted by Crippen LogP contribution is -2.33. The summed E-state index contributed by atoms with van der Waals surface area (Å²) >= 11 is 0. The van der Waals surface area contributed by atoms with Crippen LogP contribution in [0.4, 0.5) is 11.6 Å². The highest BCUT2D eigenvalue weighted by Crippen LogP contribution is 2.14. The van der Waals surface area contributed by atoms with E-state index in [9.17, 15) is 5.11 Å². The molecule has 1 unspecified atom stereocenters. The third kappa shape index (κ3) is 5.36. The van der Waals surface area contributed by atoms with Crippen LogP contribution in [0.25, 0.3) is 0 Å². The lowest BCUT2D eigenvalue weighted by molar-refractivity contribution is 0.0636. The maximum Gasteiger partial charge on any atom is 0.128 e. The zero-order chi connectivity index (χ0) is 13.4. The van der Waals surface area contributed by atoms with Crippen LogP contribution in [0.15, 0.2) is 18.2 Å². The third-order valence-corrected chi connectivity index (χ3v) is 2.74. The van der Waals surface area contributed by atoms with E-state index in [2.05, 4.69) is 29.5 Å². The van der Waals surface area contributed by atoms with E-state index in [-0.39, 0.29) is 0 Å². The first-order valence-electron chi connectivity index (χ1n) is 6.74. The largest absolute Gasteiger partial charge is 0.388 e. The maximum atomic E-state index is 10.1. The van der Waals surface area contributed by atoms with Crippen LogP contribution in [-0.2, 0) is 0 Å². The summed E-state index contributed by atoms with van der Waals surface area (Å²) in [5.41, 5.74) is -0.677. The molecule has 0 fully saturated rings. The normalized spacial score (nSPS) is 14.0. The minimum absolute atomic E-state index is 0.519. The molecule has 0 radical (unpaired) electrons. The van der Waals surface area contributed by atoms with Crippen molar-refractivity contribution in [3.05, 3.63) is 18.2 Å². The number of aromatic nitrogens is 1. The lowest BCUT2D eigenvalue weighted by Gasteiger charge is -2.23. The zero-order valence-electron chi connectivity index (χ0n) is 11.7. The van der Waals surface area contributed by atoms with Crippen molar-refractivity contribution in [1.82, 2.24) is 4.98 Å². The van der Waals surface area contributed by atoms with Crippen molar-refractivity contribution in [1.29, 1.82) is 0 Å². The SMILES string of the molecule is CCCNc1cccc(NCC(C)(O)CCC)n1. The van der Waals surface area contributed by atoms with Gasteiger partial charge in [0.2, 0.25) is 0 Å². The molecule has 0 aliphatic heterocycles. The Morgan fingerprint density at radius 3 is 2.44 bits per heavy atom. The number of anilines is 2. The number of aliphatic hydroxyl groups is 1. The Bertz CT molecular complexity index is 353. The Morgan fingerprint density at radius 1 is 1.17 bits per heavy atom. The van der Waals surface area contributed by atoms with Gasteiger partial charge >= 0.3 is 0 Å². The fraction of sp³-hybridized carbons (Fsp3) is 0.643. The van der Waals surface area contributed by atoms with Crippen LogP contribution in [-0.4, -0.2) is 28.8 Å². The Hall–Kier alpha value is -1.29. The highest BCUT2D eigenvalue weighted by Gasteiger charge is 2.18. The van der Waals surface area contributed by atoms with Gasteiger partial charge in [-0.3, -0.25) is 0 Å². The van der Waals surface area contributed by atoms with Crippen LogP contribution < -0.4 is 10.6 Å². The molecule has 4 heteroatoms. The molecule has 3 N–H and O–H groups in total. The highest BCUT2D eigenvalue weighted by molar-refractivity contribution is 5.45. The first-order valence-corrected chi connectivity index (χ1v) is 6.74. The second-order valence-electron chi connectivity index (χ2n) is 4.94. The van der Waals surface area contributed by atoms with Gasteiger partial charge in [0.1, 0.15) is 11.6 Å². The molecule has 4 nitrogen and oxygen atoms in total. The number of hydrogen-bond acceptors (Lipinski definition) is 4. The molecule has 1 heterocycles. The number of rotatable bonds is 8. The number of nitrogens with one attached hydrogen (secondary N) is 2. The number of hydrogen-bond donors (Lipinski definition) is 3. The fourth-order valence-electron chi connectivity index (χ4n) is 1.79. The molecule has 0 spiro atoms. The van der Waals surface area contributed by atoms with E-state index in [1.54, 1.807) is 0 Å². The van der Waals surface area contributed by atoms with E-state index >= 15 is 0 Å². The Morgan fingerprint density at radius 2 is 1.83 bits per heavy atom. The van der Waals surface area contributed by atoms with E-state index < -0.39 is 5.60 Å². The minimum Gasteiger partial charge on any atom is -0.388 e. The zero-order valence-corrected chi connectivity index (χ0v) is 11.7. The molecule has 0 bridgehead atoms. The molecule has 102 valence electrons. The highest BCUT2D eigenvalue weighted by atomic mass is 16.3. The Balaban J connectivity index is 2.51. The molecule has 0 aliphatic carbocycles. The van der Waals surface area contributed by atoms with Crippen LogP contribution in [0.2, 0.25) is 0 Å². The Kier molecular flexibility index (Phi) is 5.92. The van der Waals surface area contributed by atoms with E-state index in [0.29, 0.717) is 6.54 Å². The average Bonchev–Trinajstić information content (AvgIpc) is 2.35. The summed E-state index contributed by atoms with van der Waals surface area (Å²) in [4.78, 5) is 4.44.